The molecule has 0 saturated heterocycles. The van der Waals surface area contributed by atoms with E-state index < -0.39 is 17.9 Å². The Balaban J connectivity index is 1.96. The number of nitrogens with two attached hydrogens (primary N) is 2. The fourth-order valence-corrected chi connectivity index (χ4v) is 4.36. The first-order chi connectivity index (χ1) is 13.9. The molecule has 5 N–H and O–H groups in total. The highest BCUT2D eigenvalue weighted by atomic mass is 32.1. The molecule has 0 unspecified atom stereocenters. The van der Waals surface area contributed by atoms with Crippen LogP contribution in [0.3, 0.4) is 0 Å². The van der Waals surface area contributed by atoms with E-state index in [-0.39, 0.29) is 28.2 Å². The zero-order chi connectivity index (χ0) is 21.0. The van der Waals surface area contributed by atoms with Crippen LogP contribution < -0.4 is 21.7 Å². The van der Waals surface area contributed by atoms with Gasteiger partial charge in [-0.05, 0) is 42.9 Å². The molecule has 1 fully saturated rings. The molecule has 0 radical (unpaired) electrons. The molecule has 1 saturated carbocycles. The van der Waals surface area contributed by atoms with Gasteiger partial charge in [-0.25, -0.2) is 0 Å². The van der Waals surface area contributed by atoms with Crippen molar-refractivity contribution in [2.75, 3.05) is 10.6 Å². The SMILES string of the molecule is CC[C@H](C(=O)NC1CCCC1)N(C(=O)c1snc(C(N)=O)c1N)c1ccccc1. The minimum atomic E-state index is -0.796. The summed E-state index contributed by atoms with van der Waals surface area (Å²) in [5.41, 5.74) is 11.6. The average molecular weight is 416 g/mol. The van der Waals surface area contributed by atoms with Crippen LogP contribution >= 0.6 is 11.5 Å². The highest BCUT2D eigenvalue weighted by Gasteiger charge is 2.34. The minimum absolute atomic E-state index is 0.0560. The lowest BCUT2D eigenvalue weighted by molar-refractivity contribution is -0.123. The van der Waals surface area contributed by atoms with E-state index >= 15 is 0 Å². The number of nitrogen functional groups attached to an aromatic ring is 1. The number of rotatable bonds is 7. The number of carbonyl (C=O) groups is 3. The molecular formula is C20H25N5O3S. The summed E-state index contributed by atoms with van der Waals surface area (Å²) >= 11 is 0.809. The van der Waals surface area contributed by atoms with Crippen LogP contribution in [-0.2, 0) is 4.79 Å². The molecule has 1 atom stereocenters. The van der Waals surface area contributed by atoms with Crippen LogP contribution in [0, 0.1) is 0 Å². The van der Waals surface area contributed by atoms with Crippen molar-refractivity contribution in [3.05, 3.63) is 40.9 Å². The Morgan fingerprint density at radius 2 is 1.90 bits per heavy atom. The summed E-state index contributed by atoms with van der Waals surface area (Å²) < 4.78 is 3.92. The van der Waals surface area contributed by atoms with E-state index in [1.807, 2.05) is 13.0 Å². The molecule has 0 aliphatic heterocycles. The quantitative estimate of drug-likeness (QED) is 0.638. The maximum atomic E-state index is 13.4. The van der Waals surface area contributed by atoms with Gasteiger partial charge in [0.05, 0.1) is 5.69 Å². The smallest absolute Gasteiger partial charge is 0.272 e. The Morgan fingerprint density at radius 1 is 1.24 bits per heavy atom. The molecule has 0 bridgehead atoms. The number of hydrogen-bond acceptors (Lipinski definition) is 6. The van der Waals surface area contributed by atoms with Crippen LogP contribution in [-0.4, -0.2) is 34.2 Å². The molecule has 0 spiro atoms. The van der Waals surface area contributed by atoms with Gasteiger partial charge in [0.2, 0.25) is 5.91 Å². The van der Waals surface area contributed by atoms with Gasteiger partial charge in [-0.15, -0.1) is 0 Å². The third-order valence-corrected chi connectivity index (χ3v) is 5.96. The lowest BCUT2D eigenvalue weighted by atomic mass is 10.1. The summed E-state index contributed by atoms with van der Waals surface area (Å²) in [6.07, 6.45) is 4.50. The number of carbonyl (C=O) groups excluding carboxylic acids is 3. The Morgan fingerprint density at radius 3 is 2.45 bits per heavy atom. The van der Waals surface area contributed by atoms with Crippen molar-refractivity contribution in [3.8, 4) is 0 Å². The summed E-state index contributed by atoms with van der Waals surface area (Å²) in [4.78, 5) is 39.5. The number of hydrogen-bond donors (Lipinski definition) is 3. The molecule has 3 amide bonds. The highest BCUT2D eigenvalue weighted by Crippen LogP contribution is 2.28. The van der Waals surface area contributed by atoms with Gasteiger partial charge in [0.25, 0.3) is 11.8 Å². The largest absolute Gasteiger partial charge is 0.395 e. The maximum absolute atomic E-state index is 13.4. The van der Waals surface area contributed by atoms with Gasteiger partial charge in [-0.3, -0.25) is 19.3 Å². The van der Waals surface area contributed by atoms with E-state index in [0.717, 1.165) is 37.2 Å². The molecule has 9 heteroatoms. The van der Waals surface area contributed by atoms with Crippen LogP contribution in [0.5, 0.6) is 0 Å². The van der Waals surface area contributed by atoms with Crippen LogP contribution in [0.2, 0.25) is 0 Å². The Bertz CT molecular complexity index is 893. The number of nitrogens with zero attached hydrogens (tertiary/aromatic N) is 2. The van der Waals surface area contributed by atoms with Gasteiger partial charge < -0.3 is 16.8 Å². The summed E-state index contributed by atoms with van der Waals surface area (Å²) in [6.45, 7) is 1.85. The van der Waals surface area contributed by atoms with Gasteiger partial charge in [-0.2, -0.15) is 4.37 Å². The molecule has 29 heavy (non-hydrogen) atoms. The minimum Gasteiger partial charge on any atom is -0.395 e. The fraction of sp³-hybridized carbons (Fsp3) is 0.400. The Kier molecular flexibility index (Phi) is 6.48. The predicted molar refractivity (Wildman–Crippen MR) is 113 cm³/mol. The molecule has 3 rings (SSSR count). The topological polar surface area (TPSA) is 131 Å². The van der Waals surface area contributed by atoms with Crippen LogP contribution in [0.15, 0.2) is 30.3 Å². The zero-order valence-electron chi connectivity index (χ0n) is 16.3. The predicted octanol–water partition coefficient (Wildman–Crippen LogP) is 2.31. The second kappa shape index (κ2) is 9.04. The van der Waals surface area contributed by atoms with Gasteiger partial charge in [0, 0.05) is 11.7 Å². The number of nitrogens with one attached hydrogen (secondary N) is 1. The molecule has 1 aliphatic rings. The second-order valence-electron chi connectivity index (χ2n) is 7.06. The summed E-state index contributed by atoms with van der Waals surface area (Å²) in [5, 5.41) is 3.07. The van der Waals surface area contributed by atoms with Crippen LogP contribution in [0.1, 0.15) is 59.2 Å². The van der Waals surface area contributed by atoms with Gasteiger partial charge >= 0.3 is 0 Å². The lowest BCUT2D eigenvalue weighted by Crippen LogP contribution is -2.51. The molecule has 8 nitrogen and oxygen atoms in total. The van der Waals surface area contributed by atoms with E-state index in [2.05, 4.69) is 9.69 Å². The molecule has 154 valence electrons. The van der Waals surface area contributed by atoms with Gasteiger partial charge in [0.1, 0.15) is 10.9 Å². The van der Waals surface area contributed by atoms with Crippen LogP contribution in [0.25, 0.3) is 0 Å². The van der Waals surface area contributed by atoms with E-state index in [4.69, 9.17) is 11.5 Å². The normalized spacial score (nSPS) is 15.1. The van der Waals surface area contributed by atoms with Gasteiger partial charge in [0.15, 0.2) is 5.69 Å². The molecule has 1 heterocycles. The zero-order valence-corrected chi connectivity index (χ0v) is 17.1. The third kappa shape index (κ3) is 4.40. The van der Waals surface area contributed by atoms with Crippen molar-refractivity contribution in [3.63, 3.8) is 0 Å². The third-order valence-electron chi connectivity index (χ3n) is 5.11. The van der Waals surface area contributed by atoms with Crippen molar-refractivity contribution >= 4 is 40.6 Å². The van der Waals surface area contributed by atoms with Crippen molar-refractivity contribution in [1.82, 2.24) is 9.69 Å². The first-order valence-electron chi connectivity index (χ1n) is 9.68. The Hall–Kier alpha value is -2.94. The maximum Gasteiger partial charge on any atom is 0.272 e. The molecule has 1 aromatic carbocycles. The standard InChI is InChI=1S/C20H25N5O3S/c1-2-14(19(27)23-12-8-6-7-9-12)25(13-10-4-3-5-11-13)20(28)17-15(21)16(18(22)26)24-29-17/h3-5,10-12,14H,2,6-9,21H2,1H3,(H2,22,26)(H,23,27)/t14-/m1/s1. The molecule has 1 aliphatic carbocycles. The molecule has 2 aromatic rings. The number of primary amides is 1. The average Bonchev–Trinajstić information content (AvgIpc) is 3.35. The van der Waals surface area contributed by atoms with Gasteiger partial charge in [-0.1, -0.05) is 38.0 Å². The Labute approximate surface area is 173 Å². The summed E-state index contributed by atoms with van der Waals surface area (Å²) in [7, 11) is 0. The summed E-state index contributed by atoms with van der Waals surface area (Å²) in [5.74, 6) is -1.47. The van der Waals surface area contributed by atoms with Crippen molar-refractivity contribution in [2.24, 2.45) is 5.73 Å². The van der Waals surface area contributed by atoms with E-state index in [1.165, 1.54) is 4.90 Å². The van der Waals surface area contributed by atoms with E-state index in [9.17, 15) is 14.4 Å². The first-order valence-corrected chi connectivity index (χ1v) is 10.4. The van der Waals surface area contributed by atoms with E-state index in [0.29, 0.717) is 12.1 Å². The van der Waals surface area contributed by atoms with Crippen molar-refractivity contribution < 1.29 is 14.4 Å². The second-order valence-corrected chi connectivity index (χ2v) is 7.84. The number of aromatic nitrogens is 1. The first kappa shape index (κ1) is 20.8. The van der Waals surface area contributed by atoms with Crippen molar-refractivity contribution in [1.29, 1.82) is 0 Å². The monoisotopic (exact) mass is 415 g/mol. The highest BCUT2D eigenvalue weighted by molar-refractivity contribution is 7.09. The lowest BCUT2D eigenvalue weighted by Gasteiger charge is -2.31. The van der Waals surface area contributed by atoms with Crippen molar-refractivity contribution in [2.45, 2.75) is 51.1 Å². The molecular weight excluding hydrogens is 390 g/mol. The van der Waals surface area contributed by atoms with Crippen LogP contribution in [0.4, 0.5) is 11.4 Å². The number of para-hydroxylation sites is 1. The summed E-state index contributed by atoms with van der Waals surface area (Å²) in [6, 6.07) is 8.36. The number of anilines is 2. The molecule has 1 aromatic heterocycles. The number of benzene rings is 1. The van der Waals surface area contributed by atoms with E-state index in [1.54, 1.807) is 24.3 Å². The fourth-order valence-electron chi connectivity index (χ4n) is 3.62. The number of amides is 3.